The Morgan fingerprint density at radius 2 is 2.16 bits per heavy atom. The van der Waals surface area contributed by atoms with Crippen molar-refractivity contribution in [3.63, 3.8) is 0 Å². The summed E-state index contributed by atoms with van der Waals surface area (Å²) >= 11 is 2.18. The fourth-order valence-corrected chi connectivity index (χ4v) is 2.34. The van der Waals surface area contributed by atoms with Crippen LogP contribution >= 0.6 is 22.6 Å². The number of carbonyl (C=O) groups is 1. The van der Waals surface area contributed by atoms with E-state index in [4.69, 9.17) is 0 Å². The van der Waals surface area contributed by atoms with Gasteiger partial charge in [0.25, 0.3) is 0 Å². The first-order valence-corrected chi connectivity index (χ1v) is 6.44. The first kappa shape index (κ1) is 12.0. The Hall–Kier alpha value is -2.03. The van der Waals surface area contributed by atoms with Gasteiger partial charge in [-0.15, -0.1) is 5.10 Å². The second-order valence-corrected chi connectivity index (χ2v) is 5.06. The van der Waals surface area contributed by atoms with Gasteiger partial charge in [-0.25, -0.2) is 9.48 Å². The van der Waals surface area contributed by atoms with Crippen molar-refractivity contribution < 1.29 is 9.90 Å². The maximum Gasteiger partial charge on any atom is 0.357 e. The van der Waals surface area contributed by atoms with Gasteiger partial charge < -0.3 is 5.11 Å². The monoisotopic (exact) mass is 366 g/mol. The summed E-state index contributed by atoms with van der Waals surface area (Å²) < 4.78 is 2.52. The Morgan fingerprint density at radius 1 is 1.32 bits per heavy atom. The molecule has 94 valence electrons. The zero-order chi connectivity index (χ0) is 13.4. The van der Waals surface area contributed by atoms with Gasteiger partial charge in [-0.05, 0) is 46.9 Å². The summed E-state index contributed by atoms with van der Waals surface area (Å²) in [6, 6.07) is 9.16. The number of rotatable bonds is 2. The largest absolute Gasteiger partial charge is 0.476 e. The maximum absolute atomic E-state index is 11.2. The van der Waals surface area contributed by atoms with E-state index in [0.717, 1.165) is 9.26 Å². The van der Waals surface area contributed by atoms with Gasteiger partial charge in [0, 0.05) is 3.57 Å². The van der Waals surface area contributed by atoms with Crippen LogP contribution < -0.4 is 0 Å². The lowest BCUT2D eigenvalue weighted by atomic mass is 10.3. The summed E-state index contributed by atoms with van der Waals surface area (Å²) in [4.78, 5) is 11.2. The molecule has 19 heavy (non-hydrogen) atoms. The molecule has 2 aromatic heterocycles. The van der Waals surface area contributed by atoms with Gasteiger partial charge >= 0.3 is 5.97 Å². The van der Waals surface area contributed by atoms with E-state index in [9.17, 15) is 9.90 Å². The molecule has 0 amide bonds. The molecular formula is C12H7IN4O2. The number of aromatic carboxylic acids is 1. The molecule has 2 heterocycles. The third-order valence-corrected chi connectivity index (χ3v) is 3.28. The molecule has 0 radical (unpaired) electrons. The summed E-state index contributed by atoms with van der Waals surface area (Å²) in [5.74, 6) is -1.08. The molecule has 0 aliphatic heterocycles. The molecule has 0 aliphatic carbocycles. The van der Waals surface area contributed by atoms with E-state index in [1.165, 1.54) is 10.9 Å². The van der Waals surface area contributed by atoms with Crippen molar-refractivity contribution in [3.8, 4) is 5.69 Å². The number of benzene rings is 1. The fraction of sp³-hybridized carbons (Fsp3) is 0. The van der Waals surface area contributed by atoms with Crippen LogP contribution in [0.4, 0.5) is 0 Å². The van der Waals surface area contributed by atoms with Gasteiger partial charge in [0.1, 0.15) is 0 Å². The maximum atomic E-state index is 11.2. The molecule has 3 rings (SSSR count). The molecule has 1 aromatic carbocycles. The van der Waals surface area contributed by atoms with Crippen molar-refractivity contribution in [2.24, 2.45) is 0 Å². The van der Waals surface area contributed by atoms with E-state index in [0.29, 0.717) is 11.0 Å². The highest BCUT2D eigenvalue weighted by Gasteiger charge is 2.18. The molecule has 0 aliphatic rings. The van der Waals surface area contributed by atoms with Crippen LogP contribution in [-0.4, -0.2) is 31.1 Å². The van der Waals surface area contributed by atoms with E-state index in [1.54, 1.807) is 6.07 Å². The lowest BCUT2D eigenvalue weighted by Crippen LogP contribution is -2.01. The predicted molar refractivity (Wildman–Crippen MR) is 76.3 cm³/mol. The minimum Gasteiger partial charge on any atom is -0.476 e. The van der Waals surface area contributed by atoms with E-state index in [1.807, 2.05) is 24.3 Å². The number of aromatic nitrogens is 4. The molecule has 0 unspecified atom stereocenters. The Bertz CT molecular complexity index is 784. The number of halogens is 1. The zero-order valence-corrected chi connectivity index (χ0v) is 11.6. The number of hydrogen-bond acceptors (Lipinski definition) is 4. The Balaban J connectivity index is 2.33. The SMILES string of the molecule is O=C(O)c1nn(-c2cccc(I)c2)c2nnccc12. The van der Waals surface area contributed by atoms with Gasteiger partial charge in [0.2, 0.25) is 0 Å². The second kappa shape index (κ2) is 4.57. The Labute approximate surface area is 121 Å². The van der Waals surface area contributed by atoms with E-state index in [2.05, 4.69) is 37.9 Å². The first-order valence-electron chi connectivity index (χ1n) is 5.36. The summed E-state index contributed by atoms with van der Waals surface area (Å²) in [5.41, 5.74) is 1.16. The van der Waals surface area contributed by atoms with Gasteiger partial charge in [0.15, 0.2) is 11.3 Å². The van der Waals surface area contributed by atoms with Crippen LogP contribution in [0.15, 0.2) is 36.5 Å². The van der Waals surface area contributed by atoms with Gasteiger partial charge in [-0.3, -0.25) is 0 Å². The highest BCUT2D eigenvalue weighted by atomic mass is 127. The van der Waals surface area contributed by atoms with Crippen LogP contribution in [-0.2, 0) is 0 Å². The first-order chi connectivity index (χ1) is 9.16. The molecule has 0 fully saturated rings. The average Bonchev–Trinajstić information content (AvgIpc) is 2.78. The van der Waals surface area contributed by atoms with Crippen molar-refractivity contribution in [1.82, 2.24) is 20.0 Å². The molecule has 3 aromatic rings. The van der Waals surface area contributed by atoms with Gasteiger partial charge in [-0.1, -0.05) is 6.07 Å². The summed E-state index contributed by atoms with van der Waals surface area (Å²) in [6.07, 6.45) is 1.45. The molecule has 0 saturated carbocycles. The van der Waals surface area contributed by atoms with Crippen LogP contribution in [0.3, 0.4) is 0 Å². The molecule has 6 nitrogen and oxygen atoms in total. The van der Waals surface area contributed by atoms with Crippen molar-refractivity contribution in [1.29, 1.82) is 0 Å². The van der Waals surface area contributed by atoms with Crippen molar-refractivity contribution in [2.75, 3.05) is 0 Å². The van der Waals surface area contributed by atoms with Crippen LogP contribution in [0, 0.1) is 3.57 Å². The quantitative estimate of drug-likeness (QED) is 0.703. The number of carboxylic acids is 1. The predicted octanol–water partition coefficient (Wildman–Crippen LogP) is 2.12. The smallest absolute Gasteiger partial charge is 0.357 e. The number of fused-ring (bicyclic) bond motifs is 1. The van der Waals surface area contributed by atoms with Crippen LogP contribution in [0.25, 0.3) is 16.7 Å². The lowest BCUT2D eigenvalue weighted by molar-refractivity contribution is 0.0692. The molecule has 1 N–H and O–H groups in total. The lowest BCUT2D eigenvalue weighted by Gasteiger charge is -2.02. The highest BCUT2D eigenvalue weighted by Crippen LogP contribution is 2.20. The summed E-state index contributed by atoms with van der Waals surface area (Å²) in [7, 11) is 0. The number of carboxylic acid groups (broad SMARTS) is 1. The second-order valence-electron chi connectivity index (χ2n) is 3.81. The highest BCUT2D eigenvalue weighted by molar-refractivity contribution is 14.1. The number of hydrogen-bond donors (Lipinski definition) is 1. The van der Waals surface area contributed by atoms with Crippen LogP contribution in [0.1, 0.15) is 10.5 Å². The normalized spacial score (nSPS) is 10.8. The third-order valence-electron chi connectivity index (χ3n) is 2.61. The summed E-state index contributed by atoms with van der Waals surface area (Å²) in [5, 5.41) is 21.5. The Kier molecular flexibility index (Phi) is 2.90. The van der Waals surface area contributed by atoms with E-state index < -0.39 is 5.97 Å². The minimum absolute atomic E-state index is 0.0243. The molecular weight excluding hydrogens is 359 g/mol. The molecule has 7 heteroatoms. The number of nitrogens with zero attached hydrogens (tertiary/aromatic N) is 4. The molecule has 0 saturated heterocycles. The third kappa shape index (κ3) is 2.05. The van der Waals surface area contributed by atoms with Gasteiger partial charge in [-0.2, -0.15) is 10.2 Å². The van der Waals surface area contributed by atoms with Crippen molar-refractivity contribution in [2.45, 2.75) is 0 Å². The standard InChI is InChI=1S/C12H7IN4O2/c13-7-2-1-3-8(6-7)17-11-9(4-5-14-15-11)10(16-17)12(18)19/h1-6H,(H,18,19). The molecule has 0 spiro atoms. The van der Waals surface area contributed by atoms with Crippen molar-refractivity contribution in [3.05, 3.63) is 45.8 Å². The van der Waals surface area contributed by atoms with Crippen molar-refractivity contribution >= 4 is 39.6 Å². The molecule has 0 bridgehead atoms. The zero-order valence-electron chi connectivity index (χ0n) is 9.49. The molecule has 0 atom stereocenters. The van der Waals surface area contributed by atoms with Crippen LogP contribution in [0.5, 0.6) is 0 Å². The van der Waals surface area contributed by atoms with E-state index in [-0.39, 0.29) is 5.69 Å². The minimum atomic E-state index is -1.08. The van der Waals surface area contributed by atoms with E-state index >= 15 is 0 Å². The topological polar surface area (TPSA) is 80.9 Å². The summed E-state index contributed by atoms with van der Waals surface area (Å²) in [6.45, 7) is 0. The average molecular weight is 366 g/mol. The Morgan fingerprint density at radius 3 is 2.89 bits per heavy atom. The van der Waals surface area contributed by atoms with Gasteiger partial charge in [0.05, 0.1) is 17.3 Å². The van der Waals surface area contributed by atoms with Crippen LogP contribution in [0.2, 0.25) is 0 Å². The fourth-order valence-electron chi connectivity index (χ4n) is 1.81.